The van der Waals surface area contributed by atoms with E-state index in [1.165, 1.54) is 30.6 Å². The molecule has 0 aliphatic heterocycles. The van der Waals surface area contributed by atoms with E-state index < -0.39 is 0 Å². The SMILES string of the molecule is CSC1CCC(/C=C/C=C/c2ccc(Cl)s2)CC1. The zero-order chi connectivity index (χ0) is 12.8. The molecule has 1 aliphatic rings. The fourth-order valence-electron chi connectivity index (χ4n) is 2.31. The van der Waals surface area contributed by atoms with Crippen LogP contribution in [-0.4, -0.2) is 11.5 Å². The minimum Gasteiger partial charge on any atom is -0.162 e. The molecular weight excluding hydrogens is 280 g/mol. The average Bonchev–Trinajstić information content (AvgIpc) is 2.81. The highest BCUT2D eigenvalue weighted by Crippen LogP contribution is 2.31. The first-order valence-electron chi connectivity index (χ1n) is 6.41. The van der Waals surface area contributed by atoms with Gasteiger partial charge in [0.05, 0.1) is 4.34 Å². The van der Waals surface area contributed by atoms with Gasteiger partial charge in [-0.15, -0.1) is 11.3 Å². The van der Waals surface area contributed by atoms with Crippen molar-refractivity contribution >= 4 is 40.8 Å². The maximum Gasteiger partial charge on any atom is 0.0934 e. The van der Waals surface area contributed by atoms with Gasteiger partial charge in [-0.3, -0.25) is 0 Å². The molecule has 0 nitrogen and oxygen atoms in total. The summed E-state index contributed by atoms with van der Waals surface area (Å²) >= 11 is 9.53. The Hall–Kier alpha value is -0.180. The van der Waals surface area contributed by atoms with E-state index in [1.807, 2.05) is 17.8 Å². The van der Waals surface area contributed by atoms with Crippen LogP contribution in [-0.2, 0) is 0 Å². The van der Waals surface area contributed by atoms with Crippen molar-refractivity contribution in [3.63, 3.8) is 0 Å². The van der Waals surface area contributed by atoms with Crippen molar-refractivity contribution < 1.29 is 0 Å². The molecule has 1 fully saturated rings. The standard InChI is InChI=1S/C15H19ClS2/c1-17-13-8-6-12(7-9-13)4-2-3-5-14-10-11-15(16)18-14/h2-5,10-13H,6-9H2,1H3/b4-2+,5-3+. The van der Waals surface area contributed by atoms with Crippen molar-refractivity contribution in [3.8, 4) is 0 Å². The lowest BCUT2D eigenvalue weighted by atomic mass is 9.88. The van der Waals surface area contributed by atoms with E-state index in [9.17, 15) is 0 Å². The van der Waals surface area contributed by atoms with Crippen LogP contribution >= 0.6 is 34.7 Å². The van der Waals surface area contributed by atoms with Gasteiger partial charge in [0.1, 0.15) is 0 Å². The normalized spacial score (nSPS) is 25.2. The largest absolute Gasteiger partial charge is 0.162 e. The predicted molar refractivity (Wildman–Crippen MR) is 86.8 cm³/mol. The summed E-state index contributed by atoms with van der Waals surface area (Å²) in [5.74, 6) is 0.782. The van der Waals surface area contributed by atoms with Crippen molar-refractivity contribution in [2.45, 2.75) is 30.9 Å². The molecule has 3 heteroatoms. The third-order valence-corrected chi connectivity index (χ3v) is 5.74. The van der Waals surface area contributed by atoms with Crippen molar-refractivity contribution in [3.05, 3.63) is 39.6 Å². The fraction of sp³-hybridized carbons (Fsp3) is 0.467. The Morgan fingerprint density at radius 1 is 1.22 bits per heavy atom. The Balaban J connectivity index is 1.76. The molecule has 0 unspecified atom stereocenters. The van der Waals surface area contributed by atoms with E-state index >= 15 is 0 Å². The minimum atomic E-state index is 0.782. The van der Waals surface area contributed by atoms with Gasteiger partial charge in [0.2, 0.25) is 0 Å². The van der Waals surface area contributed by atoms with Crippen molar-refractivity contribution in [2.75, 3.05) is 6.26 Å². The Morgan fingerprint density at radius 2 is 2.00 bits per heavy atom. The number of halogens is 1. The van der Waals surface area contributed by atoms with Crippen LogP contribution in [0.3, 0.4) is 0 Å². The van der Waals surface area contributed by atoms with Crippen LogP contribution in [0.25, 0.3) is 6.08 Å². The van der Waals surface area contributed by atoms with Gasteiger partial charge in [-0.25, -0.2) is 0 Å². The molecule has 1 aliphatic carbocycles. The van der Waals surface area contributed by atoms with E-state index in [0.29, 0.717) is 0 Å². The third-order valence-electron chi connectivity index (χ3n) is 3.40. The highest BCUT2D eigenvalue weighted by atomic mass is 35.5. The van der Waals surface area contributed by atoms with Crippen LogP contribution in [0, 0.1) is 5.92 Å². The summed E-state index contributed by atoms with van der Waals surface area (Å²) < 4.78 is 0.856. The summed E-state index contributed by atoms with van der Waals surface area (Å²) in [7, 11) is 0. The van der Waals surface area contributed by atoms with Gasteiger partial charge in [0.25, 0.3) is 0 Å². The first kappa shape index (κ1) is 14.2. The van der Waals surface area contributed by atoms with Crippen LogP contribution in [0.4, 0.5) is 0 Å². The molecule has 0 amide bonds. The molecule has 1 heterocycles. The summed E-state index contributed by atoms with van der Waals surface area (Å²) in [5, 5.41) is 0.901. The van der Waals surface area contributed by atoms with E-state index in [2.05, 4.69) is 36.6 Å². The topological polar surface area (TPSA) is 0 Å². The molecule has 0 saturated heterocycles. The second-order valence-corrected chi connectivity index (χ2v) is 7.54. The van der Waals surface area contributed by atoms with Gasteiger partial charge in [-0.05, 0) is 56.1 Å². The van der Waals surface area contributed by atoms with Gasteiger partial charge in [0.15, 0.2) is 0 Å². The molecule has 0 spiro atoms. The van der Waals surface area contributed by atoms with E-state index in [-0.39, 0.29) is 0 Å². The maximum absolute atomic E-state index is 5.89. The van der Waals surface area contributed by atoms with Crippen LogP contribution in [0.1, 0.15) is 30.6 Å². The van der Waals surface area contributed by atoms with Gasteiger partial charge < -0.3 is 0 Å². The van der Waals surface area contributed by atoms with Crippen molar-refractivity contribution in [2.24, 2.45) is 5.92 Å². The molecule has 0 bridgehead atoms. The monoisotopic (exact) mass is 298 g/mol. The zero-order valence-corrected chi connectivity index (χ0v) is 13.0. The van der Waals surface area contributed by atoms with Gasteiger partial charge >= 0.3 is 0 Å². The number of hydrogen-bond acceptors (Lipinski definition) is 2. The molecule has 98 valence electrons. The van der Waals surface area contributed by atoms with E-state index in [0.717, 1.165) is 15.5 Å². The molecule has 0 radical (unpaired) electrons. The average molecular weight is 299 g/mol. The van der Waals surface area contributed by atoms with E-state index in [1.54, 1.807) is 11.3 Å². The predicted octanol–water partition coefficient (Wildman–Crippen LogP) is 5.89. The number of thiophene rings is 1. The summed E-state index contributed by atoms with van der Waals surface area (Å²) in [6.45, 7) is 0. The van der Waals surface area contributed by atoms with Gasteiger partial charge in [0, 0.05) is 10.1 Å². The lowest BCUT2D eigenvalue weighted by Gasteiger charge is -2.25. The first-order valence-corrected chi connectivity index (χ1v) is 8.89. The zero-order valence-electron chi connectivity index (χ0n) is 10.6. The molecule has 2 rings (SSSR count). The Morgan fingerprint density at radius 3 is 2.61 bits per heavy atom. The summed E-state index contributed by atoms with van der Waals surface area (Å²) in [6.07, 6.45) is 16.5. The first-order chi connectivity index (χ1) is 8.78. The molecular formula is C15H19ClS2. The molecule has 0 atom stereocenters. The van der Waals surface area contributed by atoms with Crippen LogP contribution in [0.2, 0.25) is 4.34 Å². The summed E-state index contributed by atoms with van der Waals surface area (Å²) in [5.41, 5.74) is 0. The number of thioether (sulfide) groups is 1. The molecule has 0 N–H and O–H groups in total. The second kappa shape index (κ2) is 7.42. The Kier molecular flexibility index (Phi) is 5.87. The molecule has 1 aromatic heterocycles. The highest BCUT2D eigenvalue weighted by Gasteiger charge is 2.17. The van der Waals surface area contributed by atoms with Gasteiger partial charge in [-0.1, -0.05) is 29.8 Å². The molecule has 1 aromatic rings. The summed E-state index contributed by atoms with van der Waals surface area (Å²) in [6, 6.07) is 4.00. The van der Waals surface area contributed by atoms with E-state index in [4.69, 9.17) is 11.6 Å². The lowest BCUT2D eigenvalue weighted by molar-refractivity contribution is 0.429. The lowest BCUT2D eigenvalue weighted by Crippen LogP contribution is -2.14. The maximum atomic E-state index is 5.89. The minimum absolute atomic E-state index is 0.782. The van der Waals surface area contributed by atoms with Crippen LogP contribution in [0.15, 0.2) is 30.4 Å². The molecule has 0 aromatic carbocycles. The Labute approximate surface area is 123 Å². The summed E-state index contributed by atoms with van der Waals surface area (Å²) in [4.78, 5) is 1.22. The Bertz CT molecular complexity index is 412. The number of hydrogen-bond donors (Lipinski definition) is 0. The second-order valence-electron chi connectivity index (χ2n) is 4.66. The molecule has 18 heavy (non-hydrogen) atoms. The van der Waals surface area contributed by atoms with Gasteiger partial charge in [-0.2, -0.15) is 11.8 Å². The van der Waals surface area contributed by atoms with Crippen molar-refractivity contribution in [1.82, 2.24) is 0 Å². The number of allylic oxidation sites excluding steroid dienone is 3. The van der Waals surface area contributed by atoms with Crippen molar-refractivity contribution in [1.29, 1.82) is 0 Å². The van der Waals surface area contributed by atoms with Crippen LogP contribution < -0.4 is 0 Å². The smallest absolute Gasteiger partial charge is 0.0934 e. The van der Waals surface area contributed by atoms with Crippen LogP contribution in [0.5, 0.6) is 0 Å². The fourth-order valence-corrected chi connectivity index (χ4v) is 4.02. The number of rotatable bonds is 4. The molecule has 1 saturated carbocycles. The third kappa shape index (κ3) is 4.49. The highest BCUT2D eigenvalue weighted by molar-refractivity contribution is 7.99. The quantitative estimate of drug-likeness (QED) is 0.624.